The Bertz CT molecular complexity index is 927. The van der Waals surface area contributed by atoms with Crippen molar-refractivity contribution in [2.45, 2.75) is 33.1 Å². The lowest BCUT2D eigenvalue weighted by molar-refractivity contribution is -0.128. The summed E-state index contributed by atoms with van der Waals surface area (Å²) in [5, 5.41) is 8.88. The first kappa shape index (κ1) is 19.3. The van der Waals surface area contributed by atoms with Crippen LogP contribution in [0.2, 0.25) is 0 Å². The molecule has 2 bridgehead atoms. The Hall–Kier alpha value is -1.98. The van der Waals surface area contributed by atoms with E-state index in [1.165, 1.54) is 10.5 Å². The van der Waals surface area contributed by atoms with Crippen molar-refractivity contribution in [3.8, 4) is 6.07 Å². The van der Waals surface area contributed by atoms with Gasteiger partial charge in [0.1, 0.15) is 17.7 Å². The van der Waals surface area contributed by atoms with E-state index in [-0.39, 0.29) is 17.0 Å². The first-order chi connectivity index (χ1) is 13.2. The maximum absolute atomic E-state index is 13.2. The van der Waals surface area contributed by atoms with Gasteiger partial charge < -0.3 is 4.90 Å². The van der Waals surface area contributed by atoms with E-state index in [0.717, 1.165) is 12.2 Å². The second-order valence-corrected chi connectivity index (χ2v) is 10.8. The van der Waals surface area contributed by atoms with E-state index in [1.54, 1.807) is 12.1 Å². The largest absolute Gasteiger partial charge is 0.354 e. The summed E-state index contributed by atoms with van der Waals surface area (Å²) in [6.45, 7) is 6.01. The predicted octanol–water partition coefficient (Wildman–Crippen LogP) is 1.80. The Labute approximate surface area is 166 Å². The van der Waals surface area contributed by atoms with Gasteiger partial charge in [-0.1, -0.05) is 13.8 Å². The number of aromatic nitrogens is 1. The van der Waals surface area contributed by atoms with E-state index < -0.39 is 15.4 Å². The van der Waals surface area contributed by atoms with Crippen LogP contribution in [0, 0.1) is 28.1 Å². The monoisotopic (exact) mass is 402 g/mol. The molecule has 0 aromatic carbocycles. The third-order valence-electron chi connectivity index (χ3n) is 7.40. The Morgan fingerprint density at radius 3 is 2.46 bits per heavy atom. The highest BCUT2D eigenvalue weighted by Gasteiger charge is 2.65. The maximum Gasteiger partial charge on any atom is 0.215 e. The molecule has 7 nitrogen and oxygen atoms in total. The Balaban J connectivity index is 1.45. The molecule has 4 rings (SSSR count). The fourth-order valence-corrected chi connectivity index (χ4v) is 7.55. The van der Waals surface area contributed by atoms with Crippen LogP contribution < -0.4 is 4.90 Å². The number of sulfonamides is 1. The molecule has 0 radical (unpaired) electrons. The van der Waals surface area contributed by atoms with E-state index >= 15 is 0 Å². The number of ketones is 1. The highest BCUT2D eigenvalue weighted by molar-refractivity contribution is 7.89. The zero-order valence-electron chi connectivity index (χ0n) is 16.4. The molecule has 1 aliphatic heterocycles. The summed E-state index contributed by atoms with van der Waals surface area (Å²) in [5.74, 6) is 1.14. The predicted molar refractivity (Wildman–Crippen MR) is 105 cm³/mol. The molecule has 2 heterocycles. The molecule has 0 spiro atoms. The summed E-state index contributed by atoms with van der Waals surface area (Å²) in [6.07, 6.45) is 3.70. The van der Waals surface area contributed by atoms with Gasteiger partial charge in [-0.25, -0.2) is 13.4 Å². The molecule has 2 atom stereocenters. The van der Waals surface area contributed by atoms with Crippen LogP contribution in [0.3, 0.4) is 0 Å². The molecule has 1 aromatic rings. The maximum atomic E-state index is 13.2. The zero-order chi connectivity index (χ0) is 20.2. The topological polar surface area (TPSA) is 94.4 Å². The normalized spacial score (nSPS) is 29.8. The van der Waals surface area contributed by atoms with Crippen LogP contribution in [0.5, 0.6) is 0 Å². The smallest absolute Gasteiger partial charge is 0.215 e. The van der Waals surface area contributed by atoms with Gasteiger partial charge in [-0.3, -0.25) is 4.79 Å². The van der Waals surface area contributed by atoms with Crippen LogP contribution in [-0.4, -0.2) is 55.4 Å². The van der Waals surface area contributed by atoms with Gasteiger partial charge in [0.25, 0.3) is 0 Å². The number of hydrogen-bond acceptors (Lipinski definition) is 6. The lowest BCUT2D eigenvalue weighted by Crippen LogP contribution is -2.53. The Morgan fingerprint density at radius 2 is 1.96 bits per heavy atom. The number of pyridine rings is 1. The number of carbonyl (C=O) groups excluding carboxylic acids is 1. The number of carbonyl (C=O) groups is 1. The molecule has 1 aromatic heterocycles. The van der Waals surface area contributed by atoms with Gasteiger partial charge in [-0.05, 0) is 36.3 Å². The molecule has 28 heavy (non-hydrogen) atoms. The van der Waals surface area contributed by atoms with Crippen molar-refractivity contribution in [2.24, 2.45) is 16.7 Å². The van der Waals surface area contributed by atoms with E-state index in [1.807, 2.05) is 11.0 Å². The molecule has 3 fully saturated rings. The Morgan fingerprint density at radius 1 is 1.25 bits per heavy atom. The lowest BCUT2D eigenvalue weighted by Gasteiger charge is -2.40. The molecule has 150 valence electrons. The number of nitrogens with zero attached hydrogens (tertiary/aromatic N) is 4. The average molecular weight is 403 g/mol. The summed E-state index contributed by atoms with van der Waals surface area (Å²) >= 11 is 0. The third kappa shape index (κ3) is 2.83. The number of anilines is 1. The van der Waals surface area contributed by atoms with Gasteiger partial charge >= 0.3 is 0 Å². The van der Waals surface area contributed by atoms with Crippen LogP contribution in [0.1, 0.15) is 38.7 Å². The number of nitriles is 1. The number of hydrogen-bond donors (Lipinski definition) is 0. The van der Waals surface area contributed by atoms with Crippen LogP contribution in [0.25, 0.3) is 0 Å². The van der Waals surface area contributed by atoms with Crippen molar-refractivity contribution in [1.29, 1.82) is 5.26 Å². The fraction of sp³-hybridized carbons (Fsp3) is 0.650. The average Bonchev–Trinajstić information content (AvgIpc) is 3.02. The third-order valence-corrected chi connectivity index (χ3v) is 9.41. The summed E-state index contributed by atoms with van der Waals surface area (Å²) < 4.78 is 27.9. The van der Waals surface area contributed by atoms with Crippen molar-refractivity contribution in [2.75, 3.05) is 36.8 Å². The van der Waals surface area contributed by atoms with E-state index in [2.05, 4.69) is 18.8 Å². The van der Waals surface area contributed by atoms with E-state index in [9.17, 15) is 13.2 Å². The van der Waals surface area contributed by atoms with Crippen molar-refractivity contribution < 1.29 is 13.2 Å². The summed E-state index contributed by atoms with van der Waals surface area (Å²) in [5.41, 5.74) is -0.462. The number of piperazine rings is 1. The molecule has 2 saturated carbocycles. The lowest BCUT2D eigenvalue weighted by atomic mass is 9.70. The fourth-order valence-electron chi connectivity index (χ4n) is 5.35. The van der Waals surface area contributed by atoms with E-state index in [0.29, 0.717) is 50.5 Å². The highest BCUT2D eigenvalue weighted by Crippen LogP contribution is 2.64. The van der Waals surface area contributed by atoms with Crippen LogP contribution in [0.4, 0.5) is 5.82 Å². The first-order valence-corrected chi connectivity index (χ1v) is 11.4. The van der Waals surface area contributed by atoms with Gasteiger partial charge in [0.15, 0.2) is 0 Å². The summed E-state index contributed by atoms with van der Waals surface area (Å²) in [6, 6.07) is 5.55. The zero-order valence-corrected chi connectivity index (χ0v) is 17.2. The second-order valence-electron chi connectivity index (χ2n) is 8.83. The highest BCUT2D eigenvalue weighted by atomic mass is 32.2. The SMILES string of the molecule is CC1(C)C2CCC1(CS(=O)(=O)N1CCN(c3ccc(C#N)cn3)CC1)C(=O)C2. The van der Waals surface area contributed by atoms with E-state index in [4.69, 9.17) is 5.26 Å². The van der Waals surface area contributed by atoms with Gasteiger partial charge in [-0.2, -0.15) is 9.57 Å². The van der Waals surface area contributed by atoms with Gasteiger partial charge in [0.05, 0.1) is 11.3 Å². The minimum atomic E-state index is -3.51. The Kier molecular flexibility index (Phi) is 4.51. The van der Waals surface area contributed by atoms with Crippen LogP contribution in [0.15, 0.2) is 18.3 Å². The van der Waals surface area contributed by atoms with Crippen LogP contribution in [-0.2, 0) is 14.8 Å². The minimum Gasteiger partial charge on any atom is -0.354 e. The molecule has 3 aliphatic rings. The molecule has 0 amide bonds. The second kappa shape index (κ2) is 6.53. The minimum absolute atomic E-state index is 0.0581. The molecule has 2 aliphatic carbocycles. The first-order valence-electron chi connectivity index (χ1n) is 9.82. The number of Topliss-reactive ketones (excluding diaryl/α,β-unsaturated/α-hetero) is 1. The number of rotatable bonds is 4. The molecule has 2 unspecified atom stereocenters. The van der Waals surface area contributed by atoms with Gasteiger partial charge in [0, 0.05) is 44.2 Å². The standard InChI is InChI=1S/C20H26N4O3S/c1-19(2)16-5-6-20(19,17(25)11-16)14-28(26,27)24-9-7-23(8-10-24)18-4-3-15(12-21)13-22-18/h3-4,13,16H,5-11,14H2,1-2H3. The van der Waals surface area contributed by atoms with Gasteiger partial charge in [-0.15, -0.1) is 0 Å². The van der Waals surface area contributed by atoms with Gasteiger partial charge in [0.2, 0.25) is 10.0 Å². The van der Waals surface area contributed by atoms with Crippen LogP contribution >= 0.6 is 0 Å². The number of fused-ring (bicyclic) bond motifs is 2. The van der Waals surface area contributed by atoms with Crippen molar-refractivity contribution in [1.82, 2.24) is 9.29 Å². The van der Waals surface area contributed by atoms with Crippen molar-refractivity contribution >= 4 is 21.6 Å². The molecule has 1 saturated heterocycles. The van der Waals surface area contributed by atoms with Crippen molar-refractivity contribution in [3.63, 3.8) is 0 Å². The summed E-state index contributed by atoms with van der Waals surface area (Å²) in [7, 11) is -3.51. The molecule has 8 heteroatoms. The molecular formula is C20H26N4O3S. The molecule has 0 N–H and O–H groups in total. The summed E-state index contributed by atoms with van der Waals surface area (Å²) in [4.78, 5) is 19.0. The van der Waals surface area contributed by atoms with Crippen molar-refractivity contribution in [3.05, 3.63) is 23.9 Å². The molecular weight excluding hydrogens is 376 g/mol. The quantitative estimate of drug-likeness (QED) is 0.762.